The molecule has 24 heavy (non-hydrogen) atoms. The standard InChI is InChI=1S/C17H16Cl2N2O3/c1-10-5-3-4-6-12(10)7-16(23)24-9-15(22)21-17-14(19)8-13(18)11(2)20-17/h3-6,8H,7,9H2,1-2H3,(H,20,21,22). The van der Waals surface area contributed by atoms with E-state index in [1.807, 2.05) is 31.2 Å². The molecule has 0 bridgehead atoms. The number of nitrogens with zero attached hydrogens (tertiary/aromatic N) is 1. The number of nitrogens with one attached hydrogen (secondary N) is 1. The summed E-state index contributed by atoms with van der Waals surface area (Å²) in [5.41, 5.74) is 2.39. The highest BCUT2D eigenvalue weighted by atomic mass is 35.5. The lowest BCUT2D eigenvalue weighted by Crippen LogP contribution is -2.22. The van der Waals surface area contributed by atoms with Crippen LogP contribution in [0.2, 0.25) is 10.0 Å². The molecule has 0 radical (unpaired) electrons. The summed E-state index contributed by atoms with van der Waals surface area (Å²) in [5, 5.41) is 3.11. The van der Waals surface area contributed by atoms with Crippen molar-refractivity contribution in [3.63, 3.8) is 0 Å². The predicted octanol–water partition coefficient (Wildman–Crippen LogP) is 3.73. The van der Waals surface area contributed by atoms with Gasteiger partial charge in [0.1, 0.15) is 0 Å². The minimum atomic E-state index is -0.524. The van der Waals surface area contributed by atoms with E-state index in [9.17, 15) is 9.59 Å². The number of aryl methyl sites for hydroxylation is 2. The van der Waals surface area contributed by atoms with E-state index in [1.165, 1.54) is 6.07 Å². The van der Waals surface area contributed by atoms with E-state index in [1.54, 1.807) is 6.92 Å². The van der Waals surface area contributed by atoms with Gasteiger partial charge in [0.15, 0.2) is 12.4 Å². The van der Waals surface area contributed by atoms with E-state index in [0.29, 0.717) is 10.7 Å². The molecule has 0 aliphatic heterocycles. The number of hydrogen-bond donors (Lipinski definition) is 1. The second kappa shape index (κ2) is 8.13. The molecule has 1 amide bonds. The largest absolute Gasteiger partial charge is 0.455 e. The van der Waals surface area contributed by atoms with Gasteiger partial charge in [0, 0.05) is 0 Å². The zero-order valence-corrected chi connectivity index (χ0v) is 14.7. The maximum Gasteiger partial charge on any atom is 0.310 e. The first kappa shape index (κ1) is 18.2. The number of hydrogen-bond acceptors (Lipinski definition) is 4. The van der Waals surface area contributed by atoms with Crippen LogP contribution in [0.5, 0.6) is 0 Å². The van der Waals surface area contributed by atoms with Crippen LogP contribution in [0.4, 0.5) is 5.82 Å². The van der Waals surface area contributed by atoms with E-state index < -0.39 is 18.5 Å². The van der Waals surface area contributed by atoms with Crippen molar-refractivity contribution in [2.24, 2.45) is 0 Å². The van der Waals surface area contributed by atoms with E-state index in [-0.39, 0.29) is 17.3 Å². The fourth-order valence-corrected chi connectivity index (χ4v) is 2.38. The van der Waals surface area contributed by atoms with E-state index in [4.69, 9.17) is 27.9 Å². The predicted molar refractivity (Wildman–Crippen MR) is 93.5 cm³/mol. The summed E-state index contributed by atoms with van der Waals surface area (Å²) < 4.78 is 4.98. The van der Waals surface area contributed by atoms with Crippen LogP contribution in [0.25, 0.3) is 0 Å². The highest BCUT2D eigenvalue weighted by Gasteiger charge is 2.13. The summed E-state index contributed by atoms with van der Waals surface area (Å²) >= 11 is 11.8. The number of esters is 1. The Morgan fingerprint density at radius 3 is 2.58 bits per heavy atom. The monoisotopic (exact) mass is 366 g/mol. The maximum atomic E-state index is 11.9. The van der Waals surface area contributed by atoms with Gasteiger partial charge in [-0.3, -0.25) is 9.59 Å². The van der Waals surface area contributed by atoms with Crippen LogP contribution in [-0.2, 0) is 20.7 Å². The van der Waals surface area contributed by atoms with Crippen molar-refractivity contribution in [1.29, 1.82) is 0 Å². The minimum absolute atomic E-state index is 0.110. The lowest BCUT2D eigenvalue weighted by molar-refractivity contribution is -0.146. The highest BCUT2D eigenvalue weighted by molar-refractivity contribution is 6.36. The van der Waals surface area contributed by atoms with Crippen LogP contribution in [0.3, 0.4) is 0 Å². The summed E-state index contributed by atoms with van der Waals surface area (Å²) in [6.45, 7) is 3.19. The molecule has 5 nitrogen and oxygen atoms in total. The molecule has 0 unspecified atom stereocenters. The van der Waals surface area contributed by atoms with Gasteiger partial charge in [-0.15, -0.1) is 0 Å². The van der Waals surface area contributed by atoms with Crippen LogP contribution < -0.4 is 5.32 Å². The number of pyridine rings is 1. The molecule has 0 aliphatic carbocycles. The normalized spacial score (nSPS) is 10.3. The quantitative estimate of drug-likeness (QED) is 0.818. The number of amides is 1. The van der Waals surface area contributed by atoms with Gasteiger partial charge in [0.05, 0.1) is 22.2 Å². The van der Waals surface area contributed by atoms with Gasteiger partial charge in [-0.25, -0.2) is 4.98 Å². The first-order valence-corrected chi connectivity index (χ1v) is 7.95. The van der Waals surface area contributed by atoms with Crippen molar-refractivity contribution in [1.82, 2.24) is 4.98 Å². The van der Waals surface area contributed by atoms with Crippen molar-refractivity contribution >= 4 is 40.9 Å². The van der Waals surface area contributed by atoms with Gasteiger partial charge >= 0.3 is 5.97 Å². The van der Waals surface area contributed by atoms with Gasteiger partial charge < -0.3 is 10.1 Å². The van der Waals surface area contributed by atoms with Gasteiger partial charge in [-0.1, -0.05) is 47.5 Å². The van der Waals surface area contributed by atoms with Crippen LogP contribution in [-0.4, -0.2) is 23.5 Å². The molecule has 1 aromatic heterocycles. The summed E-state index contributed by atoms with van der Waals surface area (Å²) in [5.74, 6) is -0.825. The number of carbonyl (C=O) groups is 2. The molecule has 1 N–H and O–H groups in total. The number of aromatic nitrogens is 1. The number of carbonyl (C=O) groups excluding carboxylic acids is 2. The molecule has 0 fully saturated rings. The van der Waals surface area contributed by atoms with E-state index in [0.717, 1.165) is 11.1 Å². The Morgan fingerprint density at radius 2 is 1.88 bits per heavy atom. The van der Waals surface area contributed by atoms with Gasteiger partial charge in [-0.05, 0) is 31.0 Å². The zero-order valence-electron chi connectivity index (χ0n) is 13.2. The molecule has 1 heterocycles. The average Bonchev–Trinajstić information content (AvgIpc) is 2.53. The molecule has 0 atom stereocenters. The fourth-order valence-electron chi connectivity index (χ4n) is 1.98. The second-order valence-corrected chi connectivity index (χ2v) is 6.01. The third-order valence-corrected chi connectivity index (χ3v) is 3.99. The molecule has 0 saturated heterocycles. The van der Waals surface area contributed by atoms with Crippen LogP contribution in [0, 0.1) is 13.8 Å². The number of ether oxygens (including phenoxy) is 1. The Bertz CT molecular complexity index is 778. The summed E-state index contributed by atoms with van der Waals surface area (Å²) in [7, 11) is 0. The fraction of sp³-hybridized carbons (Fsp3) is 0.235. The zero-order chi connectivity index (χ0) is 17.7. The molecule has 2 aromatic rings. The molecule has 126 valence electrons. The summed E-state index contributed by atoms with van der Waals surface area (Å²) in [6.07, 6.45) is 0.110. The molecular weight excluding hydrogens is 351 g/mol. The lowest BCUT2D eigenvalue weighted by atomic mass is 10.1. The summed E-state index contributed by atoms with van der Waals surface area (Å²) in [6, 6.07) is 8.98. The Morgan fingerprint density at radius 1 is 1.17 bits per heavy atom. The van der Waals surface area contributed by atoms with Gasteiger partial charge in [0.25, 0.3) is 5.91 Å². The number of benzene rings is 1. The Labute approximate surface area is 149 Å². The lowest BCUT2D eigenvalue weighted by Gasteiger charge is -2.09. The van der Waals surface area contributed by atoms with Crippen molar-refractivity contribution in [2.45, 2.75) is 20.3 Å². The molecule has 7 heteroatoms. The SMILES string of the molecule is Cc1ccccc1CC(=O)OCC(=O)Nc1nc(C)c(Cl)cc1Cl. The third-order valence-electron chi connectivity index (χ3n) is 3.32. The topological polar surface area (TPSA) is 68.3 Å². The smallest absolute Gasteiger partial charge is 0.310 e. The van der Waals surface area contributed by atoms with Crippen molar-refractivity contribution in [3.05, 3.63) is 57.2 Å². The minimum Gasteiger partial charge on any atom is -0.455 e. The average molecular weight is 367 g/mol. The van der Waals surface area contributed by atoms with Crippen molar-refractivity contribution < 1.29 is 14.3 Å². The molecule has 0 aliphatic rings. The number of anilines is 1. The second-order valence-electron chi connectivity index (χ2n) is 5.20. The van der Waals surface area contributed by atoms with Crippen LogP contribution >= 0.6 is 23.2 Å². The molecule has 0 saturated carbocycles. The Hall–Kier alpha value is -2.11. The van der Waals surface area contributed by atoms with Gasteiger partial charge in [0.2, 0.25) is 0 Å². The van der Waals surface area contributed by atoms with Crippen LogP contribution in [0.15, 0.2) is 30.3 Å². The third kappa shape index (κ3) is 4.94. The molecule has 0 spiro atoms. The maximum absolute atomic E-state index is 11.9. The van der Waals surface area contributed by atoms with E-state index in [2.05, 4.69) is 10.3 Å². The first-order valence-electron chi connectivity index (χ1n) is 7.19. The van der Waals surface area contributed by atoms with Crippen LogP contribution in [0.1, 0.15) is 16.8 Å². The van der Waals surface area contributed by atoms with E-state index >= 15 is 0 Å². The molecular formula is C17H16Cl2N2O3. The first-order chi connectivity index (χ1) is 11.4. The molecule has 2 rings (SSSR count). The highest BCUT2D eigenvalue weighted by Crippen LogP contribution is 2.25. The summed E-state index contributed by atoms with van der Waals surface area (Å²) in [4.78, 5) is 27.8. The number of rotatable bonds is 5. The van der Waals surface area contributed by atoms with Crippen molar-refractivity contribution in [2.75, 3.05) is 11.9 Å². The Kier molecular flexibility index (Phi) is 6.17. The van der Waals surface area contributed by atoms with Crippen molar-refractivity contribution in [3.8, 4) is 0 Å². The Balaban J connectivity index is 1.88. The molecule has 1 aromatic carbocycles. The number of halogens is 2. The van der Waals surface area contributed by atoms with Gasteiger partial charge in [-0.2, -0.15) is 0 Å².